The average Bonchev–Trinajstić information content (AvgIpc) is 2.59. The number of rotatable bonds is 6. The van der Waals surface area contributed by atoms with Crippen LogP contribution in [0, 0.1) is 0 Å². The van der Waals surface area contributed by atoms with E-state index >= 15 is 0 Å². The van der Waals surface area contributed by atoms with Crippen molar-refractivity contribution in [2.45, 2.75) is 24.4 Å². The average molecular weight is 350 g/mol. The van der Waals surface area contributed by atoms with Crippen molar-refractivity contribution >= 4 is 23.7 Å². The summed E-state index contributed by atoms with van der Waals surface area (Å²) in [6.07, 6.45) is -0.730. The van der Waals surface area contributed by atoms with Gasteiger partial charge in [-0.05, 0) is 18.6 Å². The van der Waals surface area contributed by atoms with E-state index in [1.165, 1.54) is 4.90 Å². The van der Waals surface area contributed by atoms with E-state index < -0.39 is 36.0 Å². The minimum atomic E-state index is -1.92. The van der Waals surface area contributed by atoms with Gasteiger partial charge in [-0.3, -0.25) is 9.59 Å². The third-order valence-electron chi connectivity index (χ3n) is 4.53. The Kier molecular flexibility index (Phi) is 5.48. The Labute approximate surface area is 144 Å². The van der Waals surface area contributed by atoms with E-state index in [-0.39, 0.29) is 19.5 Å². The molecule has 0 aromatic heterocycles. The van der Waals surface area contributed by atoms with Crippen LogP contribution in [0.4, 0.5) is 10.5 Å². The number of primary amides is 1. The van der Waals surface area contributed by atoms with Gasteiger partial charge in [0.2, 0.25) is 0 Å². The molecule has 0 radical (unpaired) electrons. The molecule has 2 atom stereocenters. The largest absolute Gasteiger partial charge is 0.481 e. The molecule has 9 nitrogen and oxygen atoms in total. The van der Waals surface area contributed by atoms with Crippen LogP contribution in [0.15, 0.2) is 30.3 Å². The number of benzene rings is 1. The molecule has 9 heteroatoms. The number of carboxylic acid groups (broad SMARTS) is 2. The lowest BCUT2D eigenvalue weighted by Gasteiger charge is -2.47. The van der Waals surface area contributed by atoms with Crippen LogP contribution in [0.2, 0.25) is 0 Å². The van der Waals surface area contributed by atoms with Gasteiger partial charge in [0.15, 0.2) is 0 Å². The van der Waals surface area contributed by atoms with E-state index in [2.05, 4.69) is 0 Å². The number of carbonyl (C=O) groups is 3. The van der Waals surface area contributed by atoms with E-state index in [4.69, 9.17) is 16.6 Å². The Morgan fingerprint density at radius 2 is 1.80 bits per heavy atom. The van der Waals surface area contributed by atoms with Gasteiger partial charge in [0, 0.05) is 31.7 Å². The number of nitrogens with zero attached hydrogens (tertiary/aromatic N) is 2. The van der Waals surface area contributed by atoms with Gasteiger partial charge in [-0.1, -0.05) is 18.2 Å². The maximum atomic E-state index is 11.8. The van der Waals surface area contributed by atoms with E-state index in [0.29, 0.717) is 6.54 Å². The number of hydrogen-bond donors (Lipinski definition) is 4. The molecule has 6 N–H and O–H groups in total. The molecule has 2 rings (SSSR count). The zero-order chi connectivity index (χ0) is 18.6. The van der Waals surface area contributed by atoms with E-state index in [9.17, 15) is 19.5 Å². The van der Waals surface area contributed by atoms with E-state index in [0.717, 1.165) is 5.69 Å². The van der Waals surface area contributed by atoms with Crippen LogP contribution in [0.5, 0.6) is 0 Å². The fourth-order valence-electron chi connectivity index (χ4n) is 3.09. The van der Waals surface area contributed by atoms with Crippen LogP contribution in [-0.2, 0) is 9.59 Å². The van der Waals surface area contributed by atoms with Crippen molar-refractivity contribution in [3.05, 3.63) is 30.3 Å². The van der Waals surface area contributed by atoms with Crippen molar-refractivity contribution in [1.82, 2.24) is 4.90 Å². The Morgan fingerprint density at radius 1 is 1.16 bits per heavy atom. The monoisotopic (exact) mass is 350 g/mol. The normalized spacial score (nSPS) is 20.0. The van der Waals surface area contributed by atoms with Crippen molar-refractivity contribution < 1.29 is 24.6 Å². The zero-order valence-electron chi connectivity index (χ0n) is 13.7. The van der Waals surface area contributed by atoms with Crippen LogP contribution in [0.1, 0.15) is 12.8 Å². The molecule has 1 aromatic rings. The number of carbonyl (C=O) groups excluding carboxylic acids is 1. The fourth-order valence-corrected chi connectivity index (χ4v) is 3.09. The Morgan fingerprint density at radius 3 is 2.32 bits per heavy atom. The first-order valence-corrected chi connectivity index (χ1v) is 7.86. The Hall–Kier alpha value is -2.81. The third kappa shape index (κ3) is 4.00. The molecular weight excluding hydrogens is 328 g/mol. The molecule has 136 valence electrons. The highest BCUT2D eigenvalue weighted by atomic mass is 16.4. The molecular formula is C16H22N4O5. The molecule has 0 saturated carbocycles. The summed E-state index contributed by atoms with van der Waals surface area (Å²) in [6, 6.07) is 7.57. The predicted molar refractivity (Wildman–Crippen MR) is 90.2 cm³/mol. The molecule has 1 unspecified atom stereocenters. The lowest BCUT2D eigenvalue weighted by atomic mass is 9.83. The van der Waals surface area contributed by atoms with E-state index in [1.807, 2.05) is 35.2 Å². The van der Waals surface area contributed by atoms with Gasteiger partial charge in [-0.25, -0.2) is 4.79 Å². The summed E-state index contributed by atoms with van der Waals surface area (Å²) < 4.78 is 0. The lowest BCUT2D eigenvalue weighted by Crippen LogP contribution is -2.71. The molecule has 0 bridgehead atoms. The second-order valence-electron chi connectivity index (χ2n) is 6.07. The Balaban J connectivity index is 2.33. The van der Waals surface area contributed by atoms with Gasteiger partial charge >= 0.3 is 18.0 Å². The highest BCUT2D eigenvalue weighted by molar-refractivity contribution is 5.83. The van der Waals surface area contributed by atoms with Crippen molar-refractivity contribution in [2.75, 3.05) is 24.5 Å². The van der Waals surface area contributed by atoms with Crippen LogP contribution < -0.4 is 16.4 Å². The summed E-state index contributed by atoms with van der Waals surface area (Å²) in [5.74, 6) is -2.52. The van der Waals surface area contributed by atoms with Gasteiger partial charge < -0.3 is 31.5 Å². The molecule has 2 amide bonds. The first-order chi connectivity index (χ1) is 11.8. The molecule has 1 saturated heterocycles. The maximum Gasteiger partial charge on any atom is 0.325 e. The summed E-state index contributed by atoms with van der Waals surface area (Å²) in [4.78, 5) is 37.6. The molecule has 1 heterocycles. The van der Waals surface area contributed by atoms with Gasteiger partial charge in [-0.2, -0.15) is 0 Å². The zero-order valence-corrected chi connectivity index (χ0v) is 13.7. The lowest BCUT2D eigenvalue weighted by molar-refractivity contribution is -0.147. The summed E-state index contributed by atoms with van der Waals surface area (Å²) in [7, 11) is 0. The molecule has 1 aliphatic rings. The summed E-state index contributed by atoms with van der Waals surface area (Å²) in [5.41, 5.74) is 10.4. The first kappa shape index (κ1) is 18.5. The van der Waals surface area contributed by atoms with Gasteiger partial charge in [0.25, 0.3) is 0 Å². The van der Waals surface area contributed by atoms with Crippen molar-refractivity contribution in [3.8, 4) is 0 Å². The quantitative estimate of drug-likeness (QED) is 0.559. The molecule has 1 aliphatic heterocycles. The number of hydrogen-bond acceptors (Lipinski definition) is 5. The number of urea groups is 1. The Bertz CT molecular complexity index is 653. The summed E-state index contributed by atoms with van der Waals surface area (Å²) in [5, 5.41) is 18.5. The number of nitrogens with two attached hydrogens (primary N) is 2. The molecule has 1 aromatic carbocycles. The minimum absolute atomic E-state index is 0.148. The van der Waals surface area contributed by atoms with E-state index in [1.54, 1.807) is 0 Å². The summed E-state index contributed by atoms with van der Waals surface area (Å²) in [6.45, 7) is 0.821. The van der Waals surface area contributed by atoms with Crippen molar-refractivity contribution in [1.29, 1.82) is 0 Å². The van der Waals surface area contributed by atoms with Crippen LogP contribution in [-0.4, -0.2) is 64.3 Å². The fraction of sp³-hybridized carbons (Fsp3) is 0.438. The highest BCUT2D eigenvalue weighted by Crippen LogP contribution is 2.27. The van der Waals surface area contributed by atoms with Crippen LogP contribution >= 0.6 is 0 Å². The second-order valence-corrected chi connectivity index (χ2v) is 6.07. The molecule has 0 aliphatic carbocycles. The molecule has 0 spiro atoms. The van der Waals surface area contributed by atoms with Crippen LogP contribution in [0.25, 0.3) is 0 Å². The SMILES string of the molecule is NC(=O)N1CCN(c2ccccc2)CC1[C@](N)(CCC(=O)O)C(=O)O. The minimum Gasteiger partial charge on any atom is -0.481 e. The number of anilines is 1. The number of amides is 2. The number of piperazine rings is 1. The smallest absolute Gasteiger partial charge is 0.325 e. The van der Waals surface area contributed by atoms with Gasteiger partial charge in [0.1, 0.15) is 5.54 Å². The standard InChI is InChI=1S/C16H22N4O5/c17-15(25)20-9-8-19(11-4-2-1-3-5-11)10-12(20)16(18,14(23)24)7-6-13(21)22/h1-5,12H,6-10,18H2,(H2,17,25)(H,21,22)(H,23,24)/t12?,16-/m1/s1. The predicted octanol–water partition coefficient (Wildman–Crippen LogP) is -0.0972. The highest BCUT2D eigenvalue weighted by Gasteiger charge is 2.48. The topological polar surface area (TPSA) is 150 Å². The van der Waals surface area contributed by atoms with Gasteiger partial charge in [0.05, 0.1) is 6.04 Å². The molecule has 1 fully saturated rings. The number of carboxylic acids is 2. The van der Waals surface area contributed by atoms with Gasteiger partial charge in [-0.15, -0.1) is 0 Å². The van der Waals surface area contributed by atoms with Crippen molar-refractivity contribution in [3.63, 3.8) is 0 Å². The summed E-state index contributed by atoms with van der Waals surface area (Å²) >= 11 is 0. The first-order valence-electron chi connectivity index (χ1n) is 7.86. The third-order valence-corrected chi connectivity index (χ3v) is 4.53. The second kappa shape index (κ2) is 7.39. The van der Waals surface area contributed by atoms with Crippen molar-refractivity contribution in [2.24, 2.45) is 11.5 Å². The number of para-hydroxylation sites is 1. The molecule has 25 heavy (non-hydrogen) atoms. The number of aliphatic carboxylic acids is 2. The van der Waals surface area contributed by atoms with Crippen LogP contribution in [0.3, 0.4) is 0 Å². The maximum absolute atomic E-state index is 11.8.